The first-order chi connectivity index (χ1) is 8.13. The second kappa shape index (κ2) is 4.41. The van der Waals surface area contributed by atoms with Gasteiger partial charge in [0.15, 0.2) is 0 Å². The Hall–Kier alpha value is -2.10. The Kier molecular flexibility index (Phi) is 2.95. The average molecular weight is 230 g/mol. The highest BCUT2D eigenvalue weighted by Crippen LogP contribution is 2.23. The van der Waals surface area contributed by atoms with Gasteiger partial charge in [-0.2, -0.15) is 5.10 Å². The van der Waals surface area contributed by atoms with Crippen LogP contribution in [0.3, 0.4) is 0 Å². The van der Waals surface area contributed by atoms with Crippen LogP contribution in [0.5, 0.6) is 0 Å². The third kappa shape index (κ3) is 2.06. The van der Waals surface area contributed by atoms with Crippen molar-refractivity contribution in [2.24, 2.45) is 7.05 Å². The summed E-state index contributed by atoms with van der Waals surface area (Å²) in [6.07, 6.45) is 2.35. The van der Waals surface area contributed by atoms with Gasteiger partial charge in [-0.25, -0.2) is 4.79 Å². The van der Waals surface area contributed by atoms with Crippen molar-refractivity contribution in [2.45, 2.75) is 13.3 Å². The fourth-order valence-electron chi connectivity index (χ4n) is 1.83. The van der Waals surface area contributed by atoms with E-state index in [1.54, 1.807) is 11.7 Å². The molecular weight excluding hydrogens is 216 g/mol. The van der Waals surface area contributed by atoms with E-state index in [1.807, 2.05) is 24.3 Å². The predicted molar refractivity (Wildman–Crippen MR) is 65.0 cm³/mol. The van der Waals surface area contributed by atoms with E-state index in [1.165, 1.54) is 11.8 Å². The summed E-state index contributed by atoms with van der Waals surface area (Å²) in [5, 5.41) is 13.1. The number of nitrogens with zero attached hydrogens (tertiary/aromatic N) is 2. The Morgan fingerprint density at radius 1 is 1.35 bits per heavy atom. The lowest BCUT2D eigenvalue weighted by Crippen LogP contribution is -2.00. The van der Waals surface area contributed by atoms with Crippen molar-refractivity contribution in [3.05, 3.63) is 41.6 Å². The topological polar surface area (TPSA) is 55.1 Å². The molecule has 0 radical (unpaired) electrons. The summed E-state index contributed by atoms with van der Waals surface area (Å²) in [5.41, 5.74) is 2.98. The largest absolute Gasteiger partial charge is 0.478 e. The van der Waals surface area contributed by atoms with Gasteiger partial charge < -0.3 is 5.11 Å². The van der Waals surface area contributed by atoms with Crippen LogP contribution in [0.25, 0.3) is 11.3 Å². The molecular formula is C13H14N2O2. The Balaban J connectivity index is 2.51. The van der Waals surface area contributed by atoms with Gasteiger partial charge in [-0.1, -0.05) is 31.2 Å². The molecule has 1 N–H and O–H groups in total. The Morgan fingerprint density at radius 2 is 2.00 bits per heavy atom. The van der Waals surface area contributed by atoms with Crippen molar-refractivity contribution in [1.29, 1.82) is 0 Å². The predicted octanol–water partition coefficient (Wildman–Crippen LogP) is 2.35. The molecule has 0 saturated heterocycles. The molecule has 0 saturated carbocycles. The maximum absolute atomic E-state index is 11.1. The standard InChI is InChI=1S/C13H14N2O2/c1-3-9-4-6-10(7-5-9)12-11(13(16)17)8-14-15(12)2/h4-8H,3H2,1-2H3,(H,16,17). The molecule has 88 valence electrons. The van der Waals surface area contributed by atoms with Crippen LogP contribution in [-0.2, 0) is 13.5 Å². The molecule has 0 aliphatic carbocycles. The van der Waals surface area contributed by atoms with Crippen molar-refractivity contribution in [1.82, 2.24) is 9.78 Å². The highest BCUT2D eigenvalue weighted by molar-refractivity contribution is 5.94. The number of carboxylic acids is 1. The number of aromatic nitrogens is 2. The minimum atomic E-state index is -0.951. The van der Waals surface area contributed by atoms with Crippen LogP contribution in [0.2, 0.25) is 0 Å². The number of hydrogen-bond donors (Lipinski definition) is 1. The third-order valence-corrected chi connectivity index (χ3v) is 2.80. The van der Waals surface area contributed by atoms with E-state index < -0.39 is 5.97 Å². The molecule has 4 heteroatoms. The van der Waals surface area contributed by atoms with Gasteiger partial charge in [-0.15, -0.1) is 0 Å². The van der Waals surface area contributed by atoms with Gasteiger partial charge in [0.25, 0.3) is 0 Å². The van der Waals surface area contributed by atoms with Crippen LogP contribution in [0.15, 0.2) is 30.5 Å². The molecule has 0 fully saturated rings. The Labute approximate surface area is 99.5 Å². The molecule has 1 aromatic heterocycles. The molecule has 0 unspecified atom stereocenters. The highest BCUT2D eigenvalue weighted by Gasteiger charge is 2.16. The summed E-state index contributed by atoms with van der Waals surface area (Å²) < 4.78 is 1.59. The molecule has 0 spiro atoms. The maximum atomic E-state index is 11.1. The molecule has 17 heavy (non-hydrogen) atoms. The highest BCUT2D eigenvalue weighted by atomic mass is 16.4. The van der Waals surface area contributed by atoms with E-state index in [2.05, 4.69) is 12.0 Å². The second-order valence-corrected chi connectivity index (χ2v) is 3.89. The Morgan fingerprint density at radius 3 is 2.53 bits per heavy atom. The number of carbonyl (C=O) groups is 1. The SMILES string of the molecule is CCc1ccc(-c2c(C(=O)O)cnn2C)cc1. The van der Waals surface area contributed by atoms with Gasteiger partial charge in [-0.05, 0) is 12.0 Å². The first-order valence-corrected chi connectivity index (χ1v) is 5.48. The normalized spacial score (nSPS) is 10.5. The van der Waals surface area contributed by atoms with Crippen LogP contribution in [-0.4, -0.2) is 20.9 Å². The summed E-state index contributed by atoms with van der Waals surface area (Å²) in [6, 6.07) is 7.88. The summed E-state index contributed by atoms with van der Waals surface area (Å²) >= 11 is 0. The van der Waals surface area contributed by atoms with Crippen molar-refractivity contribution in [2.75, 3.05) is 0 Å². The Bertz CT molecular complexity index is 541. The summed E-state index contributed by atoms with van der Waals surface area (Å²) in [7, 11) is 1.75. The quantitative estimate of drug-likeness (QED) is 0.880. The molecule has 4 nitrogen and oxygen atoms in total. The monoisotopic (exact) mass is 230 g/mol. The first-order valence-electron chi connectivity index (χ1n) is 5.48. The van der Waals surface area contributed by atoms with Gasteiger partial charge in [0.1, 0.15) is 5.56 Å². The van der Waals surface area contributed by atoms with Crippen LogP contribution in [0.4, 0.5) is 0 Å². The zero-order chi connectivity index (χ0) is 12.4. The van der Waals surface area contributed by atoms with E-state index in [0.29, 0.717) is 5.69 Å². The third-order valence-electron chi connectivity index (χ3n) is 2.80. The summed E-state index contributed by atoms with van der Waals surface area (Å²) in [6.45, 7) is 2.09. The minimum absolute atomic E-state index is 0.233. The number of aryl methyl sites for hydroxylation is 2. The first kappa shape index (κ1) is 11.4. The van der Waals surface area contributed by atoms with Gasteiger partial charge in [-0.3, -0.25) is 4.68 Å². The second-order valence-electron chi connectivity index (χ2n) is 3.89. The van der Waals surface area contributed by atoms with Crippen molar-refractivity contribution in [3.8, 4) is 11.3 Å². The molecule has 2 aromatic rings. The van der Waals surface area contributed by atoms with Gasteiger partial charge in [0.05, 0.1) is 11.9 Å². The smallest absolute Gasteiger partial charge is 0.339 e. The average Bonchev–Trinajstić information content (AvgIpc) is 2.71. The molecule has 0 aliphatic rings. The number of carboxylic acid groups (broad SMARTS) is 1. The van der Waals surface area contributed by atoms with Crippen molar-refractivity contribution < 1.29 is 9.90 Å². The number of aromatic carboxylic acids is 1. The molecule has 0 aliphatic heterocycles. The van der Waals surface area contributed by atoms with Gasteiger partial charge >= 0.3 is 5.97 Å². The number of hydrogen-bond acceptors (Lipinski definition) is 2. The minimum Gasteiger partial charge on any atom is -0.478 e. The van der Waals surface area contributed by atoms with Gasteiger partial charge in [0, 0.05) is 12.6 Å². The lowest BCUT2D eigenvalue weighted by atomic mass is 10.0. The lowest BCUT2D eigenvalue weighted by Gasteiger charge is -2.05. The maximum Gasteiger partial charge on any atom is 0.339 e. The zero-order valence-corrected chi connectivity index (χ0v) is 9.84. The molecule has 2 rings (SSSR count). The van der Waals surface area contributed by atoms with E-state index in [0.717, 1.165) is 12.0 Å². The molecule has 0 bridgehead atoms. The lowest BCUT2D eigenvalue weighted by molar-refractivity contribution is 0.0697. The van der Waals surface area contributed by atoms with Crippen molar-refractivity contribution >= 4 is 5.97 Å². The van der Waals surface area contributed by atoms with E-state index >= 15 is 0 Å². The molecule has 0 amide bonds. The number of rotatable bonds is 3. The summed E-state index contributed by atoms with van der Waals surface area (Å²) in [4.78, 5) is 11.1. The van der Waals surface area contributed by atoms with Crippen LogP contribution in [0.1, 0.15) is 22.8 Å². The van der Waals surface area contributed by atoms with E-state index in [9.17, 15) is 4.79 Å². The van der Waals surface area contributed by atoms with Crippen LogP contribution >= 0.6 is 0 Å². The van der Waals surface area contributed by atoms with Crippen molar-refractivity contribution in [3.63, 3.8) is 0 Å². The fraction of sp³-hybridized carbons (Fsp3) is 0.231. The van der Waals surface area contributed by atoms with Crippen LogP contribution < -0.4 is 0 Å². The molecule has 1 heterocycles. The fourth-order valence-corrected chi connectivity index (χ4v) is 1.83. The van der Waals surface area contributed by atoms with E-state index in [4.69, 9.17) is 5.11 Å². The van der Waals surface area contributed by atoms with Gasteiger partial charge in [0.2, 0.25) is 0 Å². The van der Waals surface area contributed by atoms with E-state index in [-0.39, 0.29) is 5.56 Å². The molecule has 1 aromatic carbocycles. The number of benzene rings is 1. The zero-order valence-electron chi connectivity index (χ0n) is 9.84. The van der Waals surface area contributed by atoms with Crippen LogP contribution in [0, 0.1) is 0 Å². The summed E-state index contributed by atoms with van der Waals surface area (Å²) in [5.74, 6) is -0.951. The molecule has 0 atom stereocenters.